The van der Waals surface area contributed by atoms with Crippen LogP contribution in [0.2, 0.25) is 0 Å². The van der Waals surface area contributed by atoms with Crippen LogP contribution in [0.3, 0.4) is 0 Å². The zero-order valence-electron chi connectivity index (χ0n) is 15.3. The Morgan fingerprint density at radius 1 is 1.33 bits per heavy atom. The van der Waals surface area contributed by atoms with Crippen molar-refractivity contribution in [2.45, 2.75) is 32.2 Å². The maximum absolute atomic E-state index is 12.7. The summed E-state index contributed by atoms with van der Waals surface area (Å²) in [5.74, 6) is 3.50. The molecule has 1 fully saturated rings. The zero-order valence-corrected chi connectivity index (χ0v) is 16.1. The molecule has 0 radical (unpaired) electrons. The summed E-state index contributed by atoms with van der Waals surface area (Å²) < 4.78 is 5.74. The highest BCUT2D eigenvalue weighted by Crippen LogP contribution is 2.20. The first-order chi connectivity index (χ1) is 11.5. The summed E-state index contributed by atoms with van der Waals surface area (Å²) in [6.45, 7) is 6.20. The predicted octanol–water partition coefficient (Wildman–Crippen LogP) is 3.08. The average molecular weight is 351 g/mol. The minimum Gasteiger partial charge on any atom is -0.484 e. The van der Waals surface area contributed by atoms with Gasteiger partial charge in [-0.1, -0.05) is 26.0 Å². The molecule has 134 valence electrons. The minimum atomic E-state index is 0.0947. The van der Waals surface area contributed by atoms with Crippen molar-refractivity contribution in [1.29, 1.82) is 0 Å². The monoisotopic (exact) mass is 350 g/mol. The Labute approximate surface area is 150 Å². The number of amides is 1. The topological polar surface area (TPSA) is 32.8 Å². The van der Waals surface area contributed by atoms with Gasteiger partial charge in [0.05, 0.1) is 6.04 Å². The number of thioether (sulfide) groups is 1. The molecule has 0 aliphatic carbocycles. The van der Waals surface area contributed by atoms with Crippen molar-refractivity contribution in [3.63, 3.8) is 0 Å². The number of benzene rings is 1. The van der Waals surface area contributed by atoms with Crippen LogP contribution in [-0.4, -0.2) is 67.0 Å². The van der Waals surface area contributed by atoms with Crippen molar-refractivity contribution in [3.8, 4) is 5.75 Å². The van der Waals surface area contributed by atoms with Gasteiger partial charge in [-0.25, -0.2) is 0 Å². The van der Waals surface area contributed by atoms with E-state index in [0.29, 0.717) is 5.92 Å². The Bertz CT molecular complexity index is 517. The molecular weight excluding hydrogens is 320 g/mol. The highest BCUT2D eigenvalue weighted by molar-refractivity contribution is 7.99. The molecule has 1 heterocycles. The highest BCUT2D eigenvalue weighted by Gasteiger charge is 2.26. The van der Waals surface area contributed by atoms with Crippen LogP contribution in [-0.2, 0) is 4.79 Å². The average Bonchev–Trinajstić information content (AvgIpc) is 2.78. The molecule has 1 aromatic carbocycles. The van der Waals surface area contributed by atoms with E-state index in [1.165, 1.54) is 5.56 Å². The highest BCUT2D eigenvalue weighted by atomic mass is 32.2. The van der Waals surface area contributed by atoms with E-state index in [2.05, 4.69) is 45.0 Å². The lowest BCUT2D eigenvalue weighted by molar-refractivity contribution is -0.135. The fourth-order valence-corrected chi connectivity index (χ4v) is 3.96. The van der Waals surface area contributed by atoms with Crippen LogP contribution < -0.4 is 4.74 Å². The summed E-state index contributed by atoms with van der Waals surface area (Å²) in [6.07, 6.45) is 1.06. The first-order valence-corrected chi connectivity index (χ1v) is 9.87. The number of nitrogens with zero attached hydrogens (tertiary/aromatic N) is 2. The fourth-order valence-electron chi connectivity index (χ4n) is 2.91. The van der Waals surface area contributed by atoms with Crippen LogP contribution in [0.15, 0.2) is 24.3 Å². The lowest BCUT2D eigenvalue weighted by Gasteiger charge is -2.31. The third-order valence-corrected chi connectivity index (χ3v) is 5.44. The summed E-state index contributed by atoms with van der Waals surface area (Å²) in [6, 6.07) is 8.33. The number of carbonyl (C=O) groups excluding carboxylic acids is 1. The largest absolute Gasteiger partial charge is 0.484 e. The van der Waals surface area contributed by atoms with Gasteiger partial charge in [0, 0.05) is 18.8 Å². The third kappa shape index (κ3) is 5.71. The smallest absolute Gasteiger partial charge is 0.260 e. The van der Waals surface area contributed by atoms with E-state index in [-0.39, 0.29) is 18.6 Å². The molecule has 24 heavy (non-hydrogen) atoms. The lowest BCUT2D eigenvalue weighted by Crippen LogP contribution is -2.48. The molecule has 5 heteroatoms. The van der Waals surface area contributed by atoms with E-state index >= 15 is 0 Å². The quantitative estimate of drug-likeness (QED) is 0.789. The first-order valence-electron chi connectivity index (χ1n) is 8.72. The Kier molecular flexibility index (Phi) is 7.43. The van der Waals surface area contributed by atoms with Gasteiger partial charge < -0.3 is 14.5 Å². The number of ether oxygens (including phenoxy) is 1. The molecule has 2 rings (SSSR count). The summed E-state index contributed by atoms with van der Waals surface area (Å²) in [4.78, 5) is 16.8. The zero-order chi connectivity index (χ0) is 17.5. The van der Waals surface area contributed by atoms with E-state index in [9.17, 15) is 4.79 Å². The van der Waals surface area contributed by atoms with E-state index in [1.54, 1.807) is 0 Å². The van der Waals surface area contributed by atoms with E-state index in [4.69, 9.17) is 4.74 Å². The summed E-state index contributed by atoms with van der Waals surface area (Å²) in [5, 5.41) is 0. The van der Waals surface area contributed by atoms with Gasteiger partial charge in [0.15, 0.2) is 6.61 Å². The fraction of sp³-hybridized carbons (Fsp3) is 0.632. The van der Waals surface area contributed by atoms with E-state index < -0.39 is 0 Å². The van der Waals surface area contributed by atoms with Gasteiger partial charge in [0.1, 0.15) is 5.75 Å². The summed E-state index contributed by atoms with van der Waals surface area (Å²) >= 11 is 1.94. The second-order valence-corrected chi connectivity index (χ2v) is 8.09. The number of rotatable bonds is 6. The van der Waals surface area contributed by atoms with Gasteiger partial charge >= 0.3 is 0 Å². The van der Waals surface area contributed by atoms with Crippen molar-refractivity contribution in [2.24, 2.45) is 0 Å². The van der Waals surface area contributed by atoms with Crippen molar-refractivity contribution in [1.82, 2.24) is 9.80 Å². The molecule has 1 amide bonds. The van der Waals surface area contributed by atoms with Crippen molar-refractivity contribution in [2.75, 3.05) is 45.3 Å². The van der Waals surface area contributed by atoms with Gasteiger partial charge in [-0.05, 0) is 49.9 Å². The number of hydrogen-bond acceptors (Lipinski definition) is 4. The van der Waals surface area contributed by atoms with Crippen molar-refractivity contribution in [3.05, 3.63) is 29.8 Å². The number of likely N-dealkylation sites (N-methyl/N-ethyl adjacent to an activating group) is 1. The Balaban J connectivity index is 1.93. The standard InChI is InChI=1S/C19H30N2O2S/c1-15(2)16-6-8-18(9-7-16)23-13-19(22)21-10-5-11-24-14-17(21)12-20(3)4/h6-9,15,17H,5,10-14H2,1-4H3. The van der Waals surface area contributed by atoms with Crippen LogP contribution in [0.25, 0.3) is 0 Å². The normalized spacial score (nSPS) is 18.8. The SMILES string of the molecule is CC(C)c1ccc(OCC(=O)N2CCCSCC2CN(C)C)cc1. The molecule has 1 saturated heterocycles. The molecule has 0 bridgehead atoms. The van der Waals surface area contributed by atoms with Gasteiger partial charge in [-0.3, -0.25) is 4.79 Å². The lowest BCUT2D eigenvalue weighted by atomic mass is 10.0. The molecule has 1 aromatic rings. The molecule has 0 spiro atoms. The molecule has 1 aliphatic rings. The molecule has 1 aliphatic heterocycles. The Hall–Kier alpha value is -1.20. The molecule has 0 aromatic heterocycles. The van der Waals surface area contributed by atoms with Crippen molar-refractivity contribution < 1.29 is 9.53 Å². The number of hydrogen-bond donors (Lipinski definition) is 0. The van der Waals surface area contributed by atoms with E-state index in [0.717, 1.165) is 36.8 Å². The molecular formula is C19H30N2O2S. The second-order valence-electron chi connectivity index (χ2n) is 6.94. The third-order valence-electron chi connectivity index (χ3n) is 4.24. The van der Waals surface area contributed by atoms with Gasteiger partial charge in [0.25, 0.3) is 5.91 Å². The Morgan fingerprint density at radius 2 is 2.04 bits per heavy atom. The van der Waals surface area contributed by atoms with Crippen LogP contribution in [0.4, 0.5) is 0 Å². The second kappa shape index (κ2) is 9.33. The molecule has 0 N–H and O–H groups in total. The van der Waals surface area contributed by atoms with Crippen LogP contribution in [0.5, 0.6) is 5.75 Å². The van der Waals surface area contributed by atoms with Crippen LogP contribution in [0.1, 0.15) is 31.7 Å². The van der Waals surface area contributed by atoms with Gasteiger partial charge in [0.2, 0.25) is 0 Å². The van der Waals surface area contributed by atoms with E-state index in [1.807, 2.05) is 28.8 Å². The van der Waals surface area contributed by atoms with Crippen molar-refractivity contribution >= 4 is 17.7 Å². The molecule has 1 atom stereocenters. The molecule has 4 nitrogen and oxygen atoms in total. The maximum atomic E-state index is 12.7. The van der Waals surface area contributed by atoms with Crippen LogP contribution in [0, 0.1) is 0 Å². The number of carbonyl (C=O) groups is 1. The maximum Gasteiger partial charge on any atom is 0.260 e. The minimum absolute atomic E-state index is 0.0947. The first kappa shape index (κ1) is 19.1. The predicted molar refractivity (Wildman–Crippen MR) is 102 cm³/mol. The Morgan fingerprint density at radius 3 is 2.67 bits per heavy atom. The van der Waals surface area contributed by atoms with Gasteiger partial charge in [-0.2, -0.15) is 11.8 Å². The molecule has 1 unspecified atom stereocenters. The summed E-state index contributed by atoms with van der Waals surface area (Å²) in [7, 11) is 4.12. The molecule has 0 saturated carbocycles. The van der Waals surface area contributed by atoms with Crippen LogP contribution >= 0.6 is 11.8 Å². The summed E-state index contributed by atoms with van der Waals surface area (Å²) in [5.41, 5.74) is 1.28. The van der Waals surface area contributed by atoms with Gasteiger partial charge in [-0.15, -0.1) is 0 Å².